The molecule has 1 fully saturated rings. The van der Waals surface area contributed by atoms with Crippen LogP contribution in [-0.2, 0) is 27.2 Å². The van der Waals surface area contributed by atoms with Gasteiger partial charge in [-0.2, -0.15) is 0 Å². The van der Waals surface area contributed by atoms with Crippen LogP contribution in [0.15, 0.2) is 18.2 Å². The molecule has 3 rings (SSSR count). The molecule has 0 aromatic heterocycles. The highest BCUT2D eigenvalue weighted by molar-refractivity contribution is 5.83. The standard InChI is InChI=1S/C20H27NO4/c1-19(2,3)25-17(22)11-13-4-7-16-14(10-13)5-6-15(24-16)12-20(8-9-20)18(21)23/h4,7,10,15H,5-6,8-9,11-12H2,1-3H3,(H2,21,23)/t15-/m0/s1. The number of ether oxygens (including phenoxy) is 2. The van der Waals surface area contributed by atoms with Gasteiger partial charge in [0.1, 0.15) is 17.5 Å². The molecule has 1 aromatic carbocycles. The summed E-state index contributed by atoms with van der Waals surface area (Å²) in [7, 11) is 0. The Balaban J connectivity index is 1.61. The normalized spacial score (nSPS) is 21.0. The fourth-order valence-corrected chi connectivity index (χ4v) is 3.43. The number of hydrogen-bond donors (Lipinski definition) is 1. The van der Waals surface area contributed by atoms with E-state index in [1.807, 2.05) is 39.0 Å². The van der Waals surface area contributed by atoms with E-state index in [2.05, 4.69) is 0 Å². The van der Waals surface area contributed by atoms with Gasteiger partial charge in [-0.15, -0.1) is 0 Å². The first kappa shape index (κ1) is 17.8. The molecule has 1 heterocycles. The number of carbonyl (C=O) groups is 2. The minimum atomic E-state index is -0.471. The molecule has 0 unspecified atom stereocenters. The van der Waals surface area contributed by atoms with Crippen molar-refractivity contribution in [1.82, 2.24) is 0 Å². The highest BCUT2D eigenvalue weighted by Crippen LogP contribution is 2.50. The Kier molecular flexibility index (Phi) is 4.52. The summed E-state index contributed by atoms with van der Waals surface area (Å²) in [4.78, 5) is 23.6. The molecule has 25 heavy (non-hydrogen) atoms. The molecular weight excluding hydrogens is 318 g/mol. The van der Waals surface area contributed by atoms with Gasteiger partial charge in [0.05, 0.1) is 11.8 Å². The van der Waals surface area contributed by atoms with Crippen LogP contribution in [0.4, 0.5) is 0 Å². The van der Waals surface area contributed by atoms with Crippen LogP contribution in [0.25, 0.3) is 0 Å². The average Bonchev–Trinajstić information content (AvgIpc) is 3.26. The number of fused-ring (bicyclic) bond motifs is 1. The van der Waals surface area contributed by atoms with E-state index in [1.54, 1.807) is 0 Å². The Morgan fingerprint density at radius 2 is 2.04 bits per heavy atom. The predicted octanol–water partition coefficient (Wildman–Crippen LogP) is 2.92. The summed E-state index contributed by atoms with van der Waals surface area (Å²) < 4.78 is 11.4. The molecule has 1 aliphatic heterocycles. The molecule has 0 spiro atoms. The third-order valence-corrected chi connectivity index (χ3v) is 4.92. The van der Waals surface area contributed by atoms with E-state index >= 15 is 0 Å². The van der Waals surface area contributed by atoms with Gasteiger partial charge in [0, 0.05) is 0 Å². The van der Waals surface area contributed by atoms with Crippen molar-refractivity contribution in [2.45, 2.75) is 71.0 Å². The highest BCUT2D eigenvalue weighted by Gasteiger charge is 2.50. The number of carbonyl (C=O) groups excluding carboxylic acids is 2. The first-order valence-corrected chi connectivity index (χ1v) is 8.97. The Morgan fingerprint density at radius 3 is 2.64 bits per heavy atom. The average molecular weight is 345 g/mol. The summed E-state index contributed by atoms with van der Waals surface area (Å²) in [5, 5.41) is 0. The molecule has 1 aliphatic carbocycles. The van der Waals surface area contributed by atoms with Gasteiger partial charge >= 0.3 is 5.97 Å². The number of esters is 1. The van der Waals surface area contributed by atoms with Gasteiger partial charge in [-0.25, -0.2) is 0 Å². The number of hydrogen-bond acceptors (Lipinski definition) is 4. The van der Waals surface area contributed by atoms with Crippen LogP contribution in [0.2, 0.25) is 0 Å². The van der Waals surface area contributed by atoms with Crippen LogP contribution < -0.4 is 10.5 Å². The SMILES string of the molecule is CC(C)(C)OC(=O)Cc1ccc2c(c1)CC[C@@H](CC1(C(N)=O)CC1)O2. The first-order chi connectivity index (χ1) is 11.7. The zero-order valence-electron chi connectivity index (χ0n) is 15.3. The monoisotopic (exact) mass is 345 g/mol. The zero-order chi connectivity index (χ0) is 18.2. The Morgan fingerprint density at radius 1 is 1.32 bits per heavy atom. The highest BCUT2D eigenvalue weighted by atomic mass is 16.6. The largest absolute Gasteiger partial charge is 0.490 e. The number of aryl methyl sites for hydroxylation is 1. The minimum Gasteiger partial charge on any atom is -0.490 e. The van der Waals surface area contributed by atoms with E-state index in [4.69, 9.17) is 15.2 Å². The Labute approximate surface area is 148 Å². The van der Waals surface area contributed by atoms with Crippen LogP contribution in [0.1, 0.15) is 57.6 Å². The molecule has 136 valence electrons. The summed E-state index contributed by atoms with van der Waals surface area (Å²) in [5.74, 6) is 0.429. The van der Waals surface area contributed by atoms with E-state index < -0.39 is 5.60 Å². The van der Waals surface area contributed by atoms with E-state index in [1.165, 1.54) is 0 Å². The fraction of sp³-hybridized carbons (Fsp3) is 0.600. The maximum Gasteiger partial charge on any atom is 0.310 e. The van der Waals surface area contributed by atoms with Crippen molar-refractivity contribution in [3.63, 3.8) is 0 Å². The van der Waals surface area contributed by atoms with Crippen LogP contribution in [0, 0.1) is 5.41 Å². The van der Waals surface area contributed by atoms with Crippen LogP contribution in [0.5, 0.6) is 5.75 Å². The predicted molar refractivity (Wildman–Crippen MR) is 94.2 cm³/mol. The third kappa shape index (κ3) is 4.33. The number of nitrogens with two attached hydrogens (primary N) is 1. The molecule has 1 atom stereocenters. The molecule has 0 radical (unpaired) electrons. The smallest absolute Gasteiger partial charge is 0.310 e. The van der Waals surface area contributed by atoms with Gasteiger partial charge in [-0.1, -0.05) is 12.1 Å². The molecule has 0 bridgehead atoms. The van der Waals surface area contributed by atoms with Crippen molar-refractivity contribution in [3.05, 3.63) is 29.3 Å². The molecule has 2 N–H and O–H groups in total. The summed E-state index contributed by atoms with van der Waals surface area (Å²) in [6.45, 7) is 5.60. The third-order valence-electron chi connectivity index (χ3n) is 4.92. The van der Waals surface area contributed by atoms with Gasteiger partial charge in [0.2, 0.25) is 5.91 Å². The molecule has 1 aromatic rings. The van der Waals surface area contributed by atoms with E-state index in [-0.39, 0.29) is 29.8 Å². The van der Waals surface area contributed by atoms with Crippen molar-refractivity contribution < 1.29 is 19.1 Å². The lowest BCUT2D eigenvalue weighted by Gasteiger charge is -2.28. The van der Waals surface area contributed by atoms with Gasteiger partial charge in [0.25, 0.3) is 0 Å². The van der Waals surface area contributed by atoms with Crippen molar-refractivity contribution >= 4 is 11.9 Å². The summed E-state index contributed by atoms with van der Waals surface area (Å²) in [6.07, 6.45) is 4.53. The summed E-state index contributed by atoms with van der Waals surface area (Å²) in [6, 6.07) is 5.85. The van der Waals surface area contributed by atoms with Crippen molar-refractivity contribution in [1.29, 1.82) is 0 Å². The fourth-order valence-electron chi connectivity index (χ4n) is 3.43. The number of benzene rings is 1. The van der Waals surface area contributed by atoms with Gasteiger partial charge in [-0.05, 0) is 70.1 Å². The van der Waals surface area contributed by atoms with Crippen molar-refractivity contribution in [2.75, 3.05) is 0 Å². The van der Waals surface area contributed by atoms with Gasteiger partial charge in [-0.3, -0.25) is 9.59 Å². The summed E-state index contributed by atoms with van der Waals surface area (Å²) in [5.41, 5.74) is 6.76. The molecule has 5 nitrogen and oxygen atoms in total. The van der Waals surface area contributed by atoms with Gasteiger partial charge in [0.15, 0.2) is 0 Å². The molecule has 0 saturated heterocycles. The second-order valence-electron chi connectivity index (χ2n) is 8.33. The van der Waals surface area contributed by atoms with Crippen molar-refractivity contribution in [3.8, 4) is 5.75 Å². The Hall–Kier alpha value is -2.04. The molecule has 1 amide bonds. The lowest BCUT2D eigenvalue weighted by Crippen LogP contribution is -2.33. The quantitative estimate of drug-likeness (QED) is 0.832. The first-order valence-electron chi connectivity index (χ1n) is 8.97. The molecule has 2 aliphatic rings. The zero-order valence-corrected chi connectivity index (χ0v) is 15.3. The lowest BCUT2D eigenvalue weighted by atomic mass is 9.91. The lowest BCUT2D eigenvalue weighted by molar-refractivity contribution is -0.153. The molecular formula is C20H27NO4. The maximum absolute atomic E-state index is 12.0. The van der Waals surface area contributed by atoms with E-state index in [0.29, 0.717) is 6.42 Å². The van der Waals surface area contributed by atoms with E-state index in [0.717, 1.165) is 42.6 Å². The second kappa shape index (κ2) is 6.36. The van der Waals surface area contributed by atoms with Gasteiger partial charge < -0.3 is 15.2 Å². The second-order valence-corrected chi connectivity index (χ2v) is 8.33. The maximum atomic E-state index is 12.0. The summed E-state index contributed by atoms with van der Waals surface area (Å²) >= 11 is 0. The number of primary amides is 1. The molecule has 5 heteroatoms. The van der Waals surface area contributed by atoms with E-state index in [9.17, 15) is 9.59 Å². The van der Waals surface area contributed by atoms with Crippen molar-refractivity contribution in [2.24, 2.45) is 11.1 Å². The minimum absolute atomic E-state index is 0.0409. The number of amides is 1. The van der Waals surface area contributed by atoms with Crippen LogP contribution in [0.3, 0.4) is 0 Å². The topological polar surface area (TPSA) is 78.6 Å². The Bertz CT molecular complexity index is 685. The molecule has 1 saturated carbocycles. The number of rotatable bonds is 5. The van der Waals surface area contributed by atoms with Crippen LogP contribution in [-0.4, -0.2) is 23.6 Å². The van der Waals surface area contributed by atoms with Crippen LogP contribution >= 0.6 is 0 Å².